The molecule has 13 heteroatoms. The smallest absolute Gasteiger partial charge is 0.281 e. The van der Waals surface area contributed by atoms with Gasteiger partial charge in [0.05, 0.1) is 10.6 Å². The Labute approximate surface area is 212 Å². The van der Waals surface area contributed by atoms with E-state index in [4.69, 9.17) is 11.6 Å². The molecule has 1 atom stereocenters. The topological polar surface area (TPSA) is 146 Å². The summed E-state index contributed by atoms with van der Waals surface area (Å²) < 4.78 is 27.7. The zero-order chi connectivity index (χ0) is 26.0. The maximum absolute atomic E-state index is 12.8. The van der Waals surface area contributed by atoms with Crippen LogP contribution in [0.15, 0.2) is 64.6 Å². The number of hydrogen-bond acceptors (Lipinski definition) is 9. The highest BCUT2D eigenvalue weighted by atomic mass is 35.5. The largest absolute Gasteiger partial charge is 0.320 e. The first kappa shape index (κ1) is 25.2. The minimum Gasteiger partial charge on any atom is -0.320 e. The molecule has 2 amide bonds. The van der Waals surface area contributed by atoms with E-state index in [-0.39, 0.29) is 16.4 Å². The Hall–Kier alpha value is -3.87. The highest BCUT2D eigenvalue weighted by Crippen LogP contribution is 2.19. The van der Waals surface area contributed by atoms with Gasteiger partial charge in [-0.1, -0.05) is 11.6 Å². The van der Waals surface area contributed by atoms with Crippen LogP contribution in [0.1, 0.15) is 28.7 Å². The molecule has 3 N–H and O–H groups in total. The number of hydrazine groups is 1. The van der Waals surface area contributed by atoms with Crippen LogP contribution in [0.3, 0.4) is 0 Å². The molecule has 0 aliphatic carbocycles. The second-order valence-electron chi connectivity index (χ2n) is 8.01. The summed E-state index contributed by atoms with van der Waals surface area (Å²) in [5.74, 6) is -1.14. The molecule has 0 saturated carbocycles. The first-order valence-corrected chi connectivity index (χ1v) is 12.6. The van der Waals surface area contributed by atoms with Crippen molar-refractivity contribution < 1.29 is 18.0 Å². The molecule has 1 aliphatic rings. The lowest BCUT2D eigenvalue weighted by Gasteiger charge is -2.16. The summed E-state index contributed by atoms with van der Waals surface area (Å²) in [6.45, 7) is 5.10. The number of hydrazone groups is 1. The van der Waals surface area contributed by atoms with Gasteiger partial charge >= 0.3 is 0 Å². The monoisotopic (exact) mass is 527 g/mol. The second kappa shape index (κ2) is 10.0. The van der Waals surface area contributed by atoms with Crippen molar-refractivity contribution in [1.29, 1.82) is 0 Å². The van der Waals surface area contributed by atoms with Gasteiger partial charge in [0.2, 0.25) is 5.95 Å². The number of sulfonamides is 1. The van der Waals surface area contributed by atoms with E-state index < -0.39 is 27.9 Å². The van der Waals surface area contributed by atoms with Gasteiger partial charge in [-0.2, -0.15) is 10.1 Å². The van der Waals surface area contributed by atoms with E-state index in [0.29, 0.717) is 27.8 Å². The van der Waals surface area contributed by atoms with E-state index in [2.05, 4.69) is 30.6 Å². The standard InChI is InChI=1S/C23H22ClN7O4S/c1-13-12-14(2)26-23(25-13)30-36(34,35)19-10-8-18(9-11-19)27-28-20-15(3)29-31(22(20)33)21(32)16-4-6-17(24)7-5-16/h4-12,20,27-28H,1-3H3,(H,25,26,30). The zero-order valence-electron chi connectivity index (χ0n) is 19.5. The molecule has 1 aliphatic heterocycles. The second-order valence-corrected chi connectivity index (χ2v) is 10.1. The van der Waals surface area contributed by atoms with Crippen LogP contribution < -0.4 is 15.6 Å². The molecule has 36 heavy (non-hydrogen) atoms. The molecular formula is C23H22ClN7O4S. The van der Waals surface area contributed by atoms with Crippen molar-refractivity contribution in [3.63, 3.8) is 0 Å². The van der Waals surface area contributed by atoms with Crippen LogP contribution in [-0.4, -0.2) is 47.0 Å². The van der Waals surface area contributed by atoms with Crippen LogP contribution in [0.25, 0.3) is 0 Å². The number of nitrogens with zero attached hydrogens (tertiary/aromatic N) is 4. The fourth-order valence-corrected chi connectivity index (χ4v) is 4.49. The molecule has 4 rings (SSSR count). The SMILES string of the molecule is CC1=NN(C(=O)c2ccc(Cl)cc2)C(=O)C1NNc1ccc(S(=O)(=O)Nc2nc(C)cc(C)n2)cc1. The average Bonchev–Trinajstić information content (AvgIpc) is 3.10. The third kappa shape index (κ3) is 5.51. The quantitative estimate of drug-likeness (QED) is 0.314. The summed E-state index contributed by atoms with van der Waals surface area (Å²) in [7, 11) is -3.91. The predicted molar refractivity (Wildman–Crippen MR) is 135 cm³/mol. The average molecular weight is 528 g/mol. The van der Waals surface area contributed by atoms with Gasteiger partial charge in [-0.3, -0.25) is 9.59 Å². The minimum absolute atomic E-state index is 0.00484. The number of amides is 2. The first-order valence-electron chi connectivity index (χ1n) is 10.7. The third-order valence-corrected chi connectivity index (χ3v) is 6.74. The molecule has 11 nitrogen and oxygen atoms in total. The summed E-state index contributed by atoms with van der Waals surface area (Å²) in [4.78, 5) is 33.6. The number of imide groups is 1. The lowest BCUT2D eigenvalue weighted by Crippen LogP contribution is -2.46. The van der Waals surface area contributed by atoms with Crippen molar-refractivity contribution in [3.8, 4) is 0 Å². The van der Waals surface area contributed by atoms with Crippen molar-refractivity contribution in [2.75, 3.05) is 10.1 Å². The lowest BCUT2D eigenvalue weighted by atomic mass is 10.2. The van der Waals surface area contributed by atoms with E-state index >= 15 is 0 Å². The van der Waals surface area contributed by atoms with Gasteiger partial charge < -0.3 is 5.43 Å². The number of anilines is 2. The number of aryl methyl sites for hydroxylation is 2. The van der Waals surface area contributed by atoms with Crippen LogP contribution >= 0.6 is 11.6 Å². The molecule has 2 heterocycles. The Morgan fingerprint density at radius 1 is 0.972 bits per heavy atom. The van der Waals surface area contributed by atoms with E-state index in [0.717, 1.165) is 5.01 Å². The maximum Gasteiger partial charge on any atom is 0.281 e. The molecule has 0 radical (unpaired) electrons. The van der Waals surface area contributed by atoms with Crippen molar-refractivity contribution in [2.24, 2.45) is 5.10 Å². The zero-order valence-corrected chi connectivity index (χ0v) is 21.1. The van der Waals surface area contributed by atoms with Crippen molar-refractivity contribution in [2.45, 2.75) is 31.7 Å². The highest BCUT2D eigenvalue weighted by molar-refractivity contribution is 7.92. The molecule has 1 aromatic heterocycles. The predicted octanol–water partition coefficient (Wildman–Crippen LogP) is 2.89. The van der Waals surface area contributed by atoms with Crippen LogP contribution in [0, 0.1) is 13.8 Å². The van der Waals surface area contributed by atoms with E-state index in [1.54, 1.807) is 39.0 Å². The van der Waals surface area contributed by atoms with Gasteiger partial charge in [-0.15, -0.1) is 0 Å². The lowest BCUT2D eigenvalue weighted by molar-refractivity contribution is -0.127. The summed E-state index contributed by atoms with van der Waals surface area (Å²) in [5, 5.41) is 5.34. The minimum atomic E-state index is -3.91. The maximum atomic E-state index is 12.8. The summed E-state index contributed by atoms with van der Waals surface area (Å²) in [6.07, 6.45) is 0. The van der Waals surface area contributed by atoms with Gasteiger partial charge in [-0.05, 0) is 75.4 Å². The van der Waals surface area contributed by atoms with Gasteiger partial charge in [0.15, 0.2) is 0 Å². The number of hydrogen-bond donors (Lipinski definition) is 3. The summed E-state index contributed by atoms with van der Waals surface area (Å²) >= 11 is 5.85. The Kier molecular flexibility index (Phi) is 7.02. The number of aromatic nitrogens is 2. The Morgan fingerprint density at radius 2 is 1.58 bits per heavy atom. The molecule has 0 spiro atoms. The molecule has 0 bridgehead atoms. The van der Waals surface area contributed by atoms with Gasteiger partial charge in [-0.25, -0.2) is 28.5 Å². The number of carbonyl (C=O) groups excluding carboxylic acids is 2. The van der Waals surface area contributed by atoms with E-state index in [9.17, 15) is 18.0 Å². The Balaban J connectivity index is 1.39. The Morgan fingerprint density at radius 3 is 2.19 bits per heavy atom. The fraction of sp³-hybridized carbons (Fsp3) is 0.174. The number of nitrogens with one attached hydrogen (secondary N) is 3. The van der Waals surface area contributed by atoms with Crippen molar-refractivity contribution in [1.82, 2.24) is 20.4 Å². The number of halogens is 1. The van der Waals surface area contributed by atoms with E-state index in [1.165, 1.54) is 36.4 Å². The molecule has 0 fully saturated rings. The van der Waals surface area contributed by atoms with E-state index in [1.807, 2.05) is 0 Å². The van der Waals surface area contributed by atoms with Gasteiger partial charge in [0.25, 0.3) is 21.8 Å². The molecule has 0 saturated heterocycles. The molecule has 3 aromatic rings. The number of benzene rings is 2. The number of carbonyl (C=O) groups is 2. The Bertz CT molecular complexity index is 1440. The molecule has 186 valence electrons. The summed E-state index contributed by atoms with van der Waals surface area (Å²) in [6, 6.07) is 12.8. The van der Waals surface area contributed by atoms with Crippen LogP contribution in [-0.2, 0) is 14.8 Å². The summed E-state index contributed by atoms with van der Waals surface area (Å²) in [5.41, 5.74) is 8.09. The van der Waals surface area contributed by atoms with Crippen molar-refractivity contribution >= 4 is 50.8 Å². The number of rotatable bonds is 7. The van der Waals surface area contributed by atoms with Crippen LogP contribution in [0.4, 0.5) is 11.6 Å². The van der Waals surface area contributed by atoms with Crippen LogP contribution in [0.5, 0.6) is 0 Å². The third-order valence-electron chi connectivity index (χ3n) is 5.15. The molecular weight excluding hydrogens is 506 g/mol. The first-order chi connectivity index (χ1) is 17.0. The van der Waals surface area contributed by atoms with Gasteiger partial charge in [0.1, 0.15) is 6.04 Å². The molecule has 1 unspecified atom stereocenters. The van der Waals surface area contributed by atoms with Crippen LogP contribution in [0.2, 0.25) is 5.02 Å². The van der Waals surface area contributed by atoms with Gasteiger partial charge in [0, 0.05) is 27.7 Å². The normalized spacial score (nSPS) is 15.6. The van der Waals surface area contributed by atoms with Crippen molar-refractivity contribution in [3.05, 3.63) is 76.6 Å². The fourth-order valence-electron chi connectivity index (χ4n) is 3.42. The highest BCUT2D eigenvalue weighted by Gasteiger charge is 2.37. The molecule has 2 aromatic carbocycles.